The van der Waals surface area contributed by atoms with Gasteiger partial charge >= 0.3 is 0 Å². The molecule has 2 amide bonds. The molecule has 2 heterocycles. The molecule has 138 valence electrons. The van der Waals surface area contributed by atoms with Gasteiger partial charge in [-0.1, -0.05) is 20.8 Å². The first-order valence-corrected chi connectivity index (χ1v) is 9.22. The van der Waals surface area contributed by atoms with E-state index < -0.39 is 0 Å². The van der Waals surface area contributed by atoms with Crippen LogP contribution >= 0.6 is 0 Å². The quantitative estimate of drug-likeness (QED) is 0.788. The molecule has 2 fully saturated rings. The molecular formula is C18H33N3O3. The lowest BCUT2D eigenvalue weighted by Gasteiger charge is -2.33. The Morgan fingerprint density at radius 1 is 1.17 bits per heavy atom. The highest BCUT2D eigenvalue weighted by molar-refractivity contribution is 5.81. The minimum Gasteiger partial charge on any atom is -0.381 e. The van der Waals surface area contributed by atoms with Gasteiger partial charge in [0.05, 0.1) is 6.54 Å². The van der Waals surface area contributed by atoms with Gasteiger partial charge in [-0.25, -0.2) is 0 Å². The summed E-state index contributed by atoms with van der Waals surface area (Å²) >= 11 is 0. The van der Waals surface area contributed by atoms with Gasteiger partial charge in [-0.05, 0) is 38.1 Å². The molecule has 6 nitrogen and oxygen atoms in total. The van der Waals surface area contributed by atoms with Crippen molar-refractivity contribution in [2.24, 2.45) is 11.3 Å². The molecule has 2 N–H and O–H groups in total. The van der Waals surface area contributed by atoms with Crippen molar-refractivity contribution in [3.05, 3.63) is 0 Å². The predicted octanol–water partition coefficient (Wildman–Crippen LogP) is 1.16. The van der Waals surface area contributed by atoms with E-state index in [-0.39, 0.29) is 23.3 Å². The fraction of sp³-hybridized carbons (Fsp3) is 0.889. The third kappa shape index (κ3) is 6.40. The van der Waals surface area contributed by atoms with Crippen LogP contribution in [0.25, 0.3) is 0 Å². The van der Waals surface area contributed by atoms with Gasteiger partial charge in [0.25, 0.3) is 0 Å². The molecule has 0 spiro atoms. The number of carbonyl (C=O) groups is 2. The summed E-state index contributed by atoms with van der Waals surface area (Å²) in [6, 6.07) is 0.262. The summed E-state index contributed by atoms with van der Waals surface area (Å²) in [7, 11) is 0. The van der Waals surface area contributed by atoms with E-state index in [9.17, 15) is 9.59 Å². The van der Waals surface area contributed by atoms with Crippen LogP contribution in [0.1, 0.15) is 46.5 Å². The monoisotopic (exact) mass is 339 g/mol. The minimum absolute atomic E-state index is 0.0943. The SMILES string of the molecule is CC(C)(C)C(=O)NCC1CCCN(CC(=O)NC2CCOCC2)C1. The Labute approximate surface area is 145 Å². The van der Waals surface area contributed by atoms with Gasteiger partial charge in [0.15, 0.2) is 0 Å². The molecule has 2 saturated heterocycles. The van der Waals surface area contributed by atoms with E-state index >= 15 is 0 Å². The second kappa shape index (κ2) is 8.81. The van der Waals surface area contributed by atoms with Gasteiger partial charge in [-0.2, -0.15) is 0 Å². The van der Waals surface area contributed by atoms with Crippen molar-refractivity contribution in [2.45, 2.75) is 52.5 Å². The maximum absolute atomic E-state index is 12.2. The number of nitrogens with zero attached hydrogens (tertiary/aromatic N) is 1. The molecule has 0 saturated carbocycles. The van der Waals surface area contributed by atoms with Crippen LogP contribution < -0.4 is 10.6 Å². The smallest absolute Gasteiger partial charge is 0.234 e. The van der Waals surface area contributed by atoms with Crippen molar-refractivity contribution in [1.82, 2.24) is 15.5 Å². The van der Waals surface area contributed by atoms with E-state index in [0.29, 0.717) is 19.0 Å². The second-order valence-corrected chi connectivity index (χ2v) is 8.16. The molecule has 2 rings (SSSR count). The maximum Gasteiger partial charge on any atom is 0.234 e. The number of likely N-dealkylation sites (tertiary alicyclic amines) is 1. The molecule has 24 heavy (non-hydrogen) atoms. The first kappa shape index (κ1) is 19.2. The summed E-state index contributed by atoms with van der Waals surface area (Å²) in [4.78, 5) is 26.4. The molecule has 1 atom stereocenters. The Morgan fingerprint density at radius 3 is 2.54 bits per heavy atom. The summed E-state index contributed by atoms with van der Waals surface area (Å²) in [5.41, 5.74) is -0.349. The fourth-order valence-corrected chi connectivity index (χ4v) is 3.28. The Morgan fingerprint density at radius 2 is 1.88 bits per heavy atom. The van der Waals surface area contributed by atoms with Gasteiger partial charge in [0.2, 0.25) is 11.8 Å². The summed E-state index contributed by atoms with van der Waals surface area (Å²) in [6.45, 7) is 10.3. The first-order valence-electron chi connectivity index (χ1n) is 9.22. The van der Waals surface area contributed by atoms with E-state index in [1.54, 1.807) is 0 Å². The van der Waals surface area contributed by atoms with Crippen LogP contribution in [0.15, 0.2) is 0 Å². The highest BCUT2D eigenvalue weighted by Gasteiger charge is 2.25. The number of ether oxygens (including phenoxy) is 1. The number of carbonyl (C=O) groups excluding carboxylic acids is 2. The van der Waals surface area contributed by atoms with E-state index in [1.807, 2.05) is 20.8 Å². The van der Waals surface area contributed by atoms with E-state index in [0.717, 1.165) is 52.0 Å². The third-order valence-electron chi connectivity index (χ3n) is 4.79. The maximum atomic E-state index is 12.2. The van der Waals surface area contributed by atoms with Crippen LogP contribution in [0.2, 0.25) is 0 Å². The van der Waals surface area contributed by atoms with E-state index in [4.69, 9.17) is 4.74 Å². The molecule has 2 aliphatic rings. The highest BCUT2D eigenvalue weighted by Crippen LogP contribution is 2.17. The lowest BCUT2D eigenvalue weighted by molar-refractivity contribution is -0.129. The molecule has 0 bridgehead atoms. The zero-order valence-corrected chi connectivity index (χ0v) is 15.4. The summed E-state index contributed by atoms with van der Waals surface area (Å²) < 4.78 is 5.32. The van der Waals surface area contributed by atoms with Crippen LogP contribution in [-0.4, -0.2) is 62.1 Å². The van der Waals surface area contributed by atoms with Crippen molar-refractivity contribution >= 4 is 11.8 Å². The Hall–Kier alpha value is -1.14. The minimum atomic E-state index is -0.349. The van der Waals surface area contributed by atoms with Crippen molar-refractivity contribution in [1.29, 1.82) is 0 Å². The van der Waals surface area contributed by atoms with Crippen molar-refractivity contribution < 1.29 is 14.3 Å². The van der Waals surface area contributed by atoms with Crippen molar-refractivity contribution in [3.8, 4) is 0 Å². The van der Waals surface area contributed by atoms with Gasteiger partial charge < -0.3 is 15.4 Å². The highest BCUT2D eigenvalue weighted by atomic mass is 16.5. The molecule has 1 unspecified atom stereocenters. The number of hydrogen-bond acceptors (Lipinski definition) is 4. The number of piperidine rings is 1. The Kier molecular flexibility index (Phi) is 7.04. The predicted molar refractivity (Wildman–Crippen MR) is 93.6 cm³/mol. The molecular weight excluding hydrogens is 306 g/mol. The molecule has 0 aliphatic carbocycles. The number of amides is 2. The summed E-state index contributed by atoms with van der Waals surface area (Å²) in [6.07, 6.45) is 4.02. The average molecular weight is 339 g/mol. The van der Waals surface area contributed by atoms with Gasteiger partial charge in [0, 0.05) is 37.8 Å². The van der Waals surface area contributed by atoms with Crippen LogP contribution in [0.5, 0.6) is 0 Å². The summed E-state index contributed by atoms with van der Waals surface area (Å²) in [5, 5.41) is 6.17. The second-order valence-electron chi connectivity index (χ2n) is 8.16. The lowest BCUT2D eigenvalue weighted by Crippen LogP contribution is -2.48. The molecule has 0 radical (unpaired) electrons. The zero-order valence-electron chi connectivity index (χ0n) is 15.4. The van der Waals surface area contributed by atoms with Crippen LogP contribution in [0, 0.1) is 11.3 Å². The fourth-order valence-electron chi connectivity index (χ4n) is 3.28. The largest absolute Gasteiger partial charge is 0.381 e. The number of hydrogen-bond donors (Lipinski definition) is 2. The number of rotatable bonds is 5. The zero-order chi connectivity index (χ0) is 17.6. The molecule has 0 aromatic rings. The van der Waals surface area contributed by atoms with E-state index in [1.165, 1.54) is 0 Å². The molecule has 6 heteroatoms. The normalized spacial score (nSPS) is 23.7. The number of nitrogens with one attached hydrogen (secondary N) is 2. The topological polar surface area (TPSA) is 70.7 Å². The van der Waals surface area contributed by atoms with Crippen molar-refractivity contribution in [2.75, 3.05) is 39.4 Å². The van der Waals surface area contributed by atoms with Crippen molar-refractivity contribution in [3.63, 3.8) is 0 Å². The van der Waals surface area contributed by atoms with Gasteiger partial charge in [-0.15, -0.1) is 0 Å². The van der Waals surface area contributed by atoms with E-state index in [2.05, 4.69) is 15.5 Å². The van der Waals surface area contributed by atoms with Crippen LogP contribution in [0.4, 0.5) is 0 Å². The van der Waals surface area contributed by atoms with Crippen LogP contribution in [-0.2, 0) is 14.3 Å². The Bertz CT molecular complexity index is 428. The standard InChI is InChI=1S/C18H33N3O3/c1-18(2,3)17(23)19-11-14-5-4-8-21(12-14)13-16(22)20-15-6-9-24-10-7-15/h14-15H,4-13H2,1-3H3,(H,19,23)(H,20,22). The third-order valence-corrected chi connectivity index (χ3v) is 4.79. The molecule has 2 aliphatic heterocycles. The first-order chi connectivity index (χ1) is 11.3. The van der Waals surface area contributed by atoms with Gasteiger partial charge in [0.1, 0.15) is 0 Å². The molecule has 0 aromatic carbocycles. The Balaban J connectivity index is 1.70. The van der Waals surface area contributed by atoms with Gasteiger partial charge in [-0.3, -0.25) is 14.5 Å². The average Bonchev–Trinajstić information content (AvgIpc) is 2.53. The summed E-state index contributed by atoms with van der Waals surface area (Å²) in [5.74, 6) is 0.638. The lowest BCUT2D eigenvalue weighted by atomic mass is 9.94. The van der Waals surface area contributed by atoms with Crippen LogP contribution in [0.3, 0.4) is 0 Å². The molecule has 0 aromatic heterocycles.